The Morgan fingerprint density at radius 2 is 2.17 bits per heavy atom. The molecule has 3 aromatic rings. The molecule has 1 aliphatic heterocycles. The molecular weight excluding hydrogens is 388 g/mol. The summed E-state index contributed by atoms with van der Waals surface area (Å²) < 4.78 is 7.42. The Bertz CT molecular complexity index is 1070. The number of pyridine rings is 1. The van der Waals surface area contributed by atoms with Crippen LogP contribution in [0.1, 0.15) is 21.7 Å². The highest BCUT2D eigenvalue weighted by molar-refractivity contribution is 7.80. The van der Waals surface area contributed by atoms with Crippen molar-refractivity contribution in [2.75, 3.05) is 18.6 Å². The number of hydrogen-bond donors (Lipinski definition) is 1. The summed E-state index contributed by atoms with van der Waals surface area (Å²) in [6.45, 7) is 2.78. The number of thiocarbonyl (C=S) groups is 1. The maximum absolute atomic E-state index is 12.7. The van der Waals surface area contributed by atoms with Gasteiger partial charge in [-0.1, -0.05) is 42.0 Å². The van der Waals surface area contributed by atoms with Gasteiger partial charge < -0.3 is 15.0 Å². The molecule has 0 saturated carbocycles. The van der Waals surface area contributed by atoms with Gasteiger partial charge in [-0.25, -0.2) is 14.6 Å². The van der Waals surface area contributed by atoms with Crippen LogP contribution in [-0.4, -0.2) is 50.3 Å². The molecule has 29 heavy (non-hydrogen) atoms. The first-order valence-electron chi connectivity index (χ1n) is 9.12. The lowest BCUT2D eigenvalue weighted by Gasteiger charge is -2.22. The van der Waals surface area contributed by atoms with E-state index in [0.717, 1.165) is 5.56 Å². The zero-order valence-corrected chi connectivity index (χ0v) is 16.9. The number of aromatic nitrogens is 4. The van der Waals surface area contributed by atoms with Crippen molar-refractivity contribution < 1.29 is 9.53 Å². The van der Waals surface area contributed by atoms with Crippen LogP contribution in [0.3, 0.4) is 0 Å². The van der Waals surface area contributed by atoms with Crippen LogP contribution in [0, 0.1) is 6.92 Å². The highest BCUT2D eigenvalue weighted by Gasteiger charge is 2.29. The molecule has 1 aromatic carbocycles. The molecule has 148 valence electrons. The van der Waals surface area contributed by atoms with Gasteiger partial charge in [0, 0.05) is 13.2 Å². The summed E-state index contributed by atoms with van der Waals surface area (Å²) in [6, 6.07) is 11.2. The van der Waals surface area contributed by atoms with Crippen LogP contribution in [0.5, 0.6) is 5.75 Å². The zero-order chi connectivity index (χ0) is 20.4. The normalized spacial score (nSPS) is 16.0. The van der Waals surface area contributed by atoms with Gasteiger partial charge in [-0.05, 0) is 24.6 Å². The lowest BCUT2D eigenvalue weighted by Crippen LogP contribution is -2.48. The average Bonchev–Trinajstić information content (AvgIpc) is 3.14. The van der Waals surface area contributed by atoms with E-state index in [1.807, 2.05) is 31.2 Å². The van der Waals surface area contributed by atoms with Gasteiger partial charge in [-0.3, -0.25) is 4.79 Å². The molecular formula is C20H20N6O2S. The largest absolute Gasteiger partial charge is 0.487 e. The first-order valence-corrected chi connectivity index (χ1v) is 9.53. The van der Waals surface area contributed by atoms with Crippen molar-refractivity contribution in [1.82, 2.24) is 25.1 Å². The van der Waals surface area contributed by atoms with Crippen LogP contribution in [0.4, 0.5) is 5.82 Å². The second-order valence-electron chi connectivity index (χ2n) is 6.81. The van der Waals surface area contributed by atoms with Gasteiger partial charge >= 0.3 is 0 Å². The summed E-state index contributed by atoms with van der Waals surface area (Å²) in [5.74, 6) is 0.920. The molecule has 0 radical (unpaired) electrons. The summed E-state index contributed by atoms with van der Waals surface area (Å²) in [4.78, 5) is 23.4. The number of benzene rings is 1. The third kappa shape index (κ3) is 4.09. The minimum Gasteiger partial charge on any atom is -0.487 e. The van der Waals surface area contributed by atoms with E-state index in [1.54, 1.807) is 35.2 Å². The molecule has 4 rings (SSSR count). The highest BCUT2D eigenvalue weighted by atomic mass is 32.1. The molecule has 8 nitrogen and oxygen atoms in total. The zero-order valence-electron chi connectivity index (χ0n) is 16.1. The summed E-state index contributed by atoms with van der Waals surface area (Å²) in [7, 11) is 1.80. The fourth-order valence-electron chi connectivity index (χ4n) is 3.13. The van der Waals surface area contributed by atoms with Crippen LogP contribution >= 0.6 is 12.2 Å². The van der Waals surface area contributed by atoms with E-state index in [0.29, 0.717) is 23.1 Å². The number of rotatable bonds is 4. The van der Waals surface area contributed by atoms with Crippen molar-refractivity contribution in [2.24, 2.45) is 0 Å². The van der Waals surface area contributed by atoms with E-state index >= 15 is 0 Å². The second-order valence-corrected chi connectivity index (χ2v) is 7.23. The second kappa shape index (κ2) is 7.96. The van der Waals surface area contributed by atoms with E-state index in [2.05, 4.69) is 26.4 Å². The molecule has 1 aliphatic rings. The maximum atomic E-state index is 12.7. The van der Waals surface area contributed by atoms with Gasteiger partial charge in [0.25, 0.3) is 5.91 Å². The van der Waals surface area contributed by atoms with Gasteiger partial charge in [-0.2, -0.15) is 0 Å². The van der Waals surface area contributed by atoms with Crippen LogP contribution < -0.4 is 15.0 Å². The van der Waals surface area contributed by atoms with Crippen LogP contribution in [0.15, 0.2) is 48.9 Å². The van der Waals surface area contributed by atoms with Crippen molar-refractivity contribution in [3.63, 3.8) is 0 Å². The third-order valence-corrected chi connectivity index (χ3v) is 5.13. The Labute approximate surface area is 173 Å². The number of fused-ring (bicyclic) bond motifs is 1. The third-order valence-electron chi connectivity index (χ3n) is 4.57. The Kier molecular flexibility index (Phi) is 5.22. The molecule has 3 heterocycles. The number of carbonyl (C=O) groups excluding carboxylic acids is 1. The highest BCUT2D eigenvalue weighted by Crippen LogP contribution is 2.27. The Hall–Kier alpha value is -3.33. The smallest absolute Gasteiger partial charge is 0.291 e. The molecule has 1 amide bonds. The fraction of sp³-hybridized carbons (Fsp3) is 0.250. The predicted octanol–water partition coefficient (Wildman–Crippen LogP) is 1.98. The van der Waals surface area contributed by atoms with Crippen molar-refractivity contribution >= 4 is 28.9 Å². The SMILES string of the molecule is Cc1cccc(Cn2cnc(C(=O)N[C@H]3COc4cccnc4N(C)C3=S)n2)c1. The molecule has 2 aromatic heterocycles. The number of carbonyl (C=O) groups is 1. The standard InChI is InChI=1S/C20H20N6O2S/c1-13-5-3-6-14(9-13)10-26-12-22-17(24-26)19(27)23-15-11-28-16-7-4-8-21-18(16)25(2)20(15)29/h3-9,12,15H,10-11H2,1-2H3,(H,23,27)/t15-/m0/s1. The lowest BCUT2D eigenvalue weighted by molar-refractivity contribution is 0.0927. The van der Waals surface area contributed by atoms with Crippen molar-refractivity contribution in [3.8, 4) is 5.75 Å². The average molecular weight is 408 g/mol. The fourth-order valence-corrected chi connectivity index (χ4v) is 3.34. The Morgan fingerprint density at radius 3 is 3.00 bits per heavy atom. The number of nitrogens with zero attached hydrogens (tertiary/aromatic N) is 5. The number of anilines is 1. The summed E-state index contributed by atoms with van der Waals surface area (Å²) >= 11 is 5.53. The van der Waals surface area contributed by atoms with Crippen molar-refractivity contribution in [1.29, 1.82) is 0 Å². The first kappa shape index (κ1) is 19.0. The molecule has 0 aliphatic carbocycles. The van der Waals surface area contributed by atoms with Gasteiger partial charge in [-0.15, -0.1) is 5.10 Å². The topological polar surface area (TPSA) is 85.2 Å². The number of nitrogens with one attached hydrogen (secondary N) is 1. The molecule has 1 atom stereocenters. The molecule has 0 fully saturated rings. The monoisotopic (exact) mass is 408 g/mol. The molecule has 0 bridgehead atoms. The number of aryl methyl sites for hydroxylation is 1. The molecule has 0 spiro atoms. The Balaban J connectivity index is 1.44. The lowest BCUT2D eigenvalue weighted by atomic mass is 10.1. The number of hydrogen-bond acceptors (Lipinski definition) is 6. The van der Waals surface area contributed by atoms with E-state index in [-0.39, 0.29) is 12.4 Å². The van der Waals surface area contributed by atoms with E-state index in [9.17, 15) is 4.79 Å². The molecule has 0 unspecified atom stereocenters. The van der Waals surface area contributed by atoms with Gasteiger partial charge in [0.1, 0.15) is 24.0 Å². The summed E-state index contributed by atoms with van der Waals surface area (Å²) in [6.07, 6.45) is 3.22. The van der Waals surface area contributed by atoms with Crippen LogP contribution in [0.2, 0.25) is 0 Å². The number of ether oxygens (including phenoxy) is 1. The quantitative estimate of drug-likeness (QED) is 0.661. The van der Waals surface area contributed by atoms with Crippen molar-refractivity contribution in [3.05, 3.63) is 65.9 Å². The minimum absolute atomic E-state index is 0.0861. The van der Waals surface area contributed by atoms with Crippen molar-refractivity contribution in [2.45, 2.75) is 19.5 Å². The number of likely N-dealkylation sites (N-methyl/N-ethyl adjacent to an activating group) is 1. The van der Waals surface area contributed by atoms with E-state index < -0.39 is 11.9 Å². The van der Waals surface area contributed by atoms with E-state index in [4.69, 9.17) is 17.0 Å². The molecule has 1 N–H and O–H groups in total. The maximum Gasteiger partial charge on any atom is 0.291 e. The van der Waals surface area contributed by atoms with Gasteiger partial charge in [0.15, 0.2) is 11.6 Å². The van der Waals surface area contributed by atoms with Crippen LogP contribution in [-0.2, 0) is 6.54 Å². The summed E-state index contributed by atoms with van der Waals surface area (Å²) in [5.41, 5.74) is 2.26. The number of amides is 1. The van der Waals surface area contributed by atoms with E-state index in [1.165, 1.54) is 5.56 Å². The Morgan fingerprint density at radius 1 is 1.31 bits per heavy atom. The molecule has 0 saturated heterocycles. The predicted molar refractivity (Wildman–Crippen MR) is 112 cm³/mol. The summed E-state index contributed by atoms with van der Waals surface area (Å²) in [5, 5.41) is 7.15. The van der Waals surface area contributed by atoms with Crippen LogP contribution in [0.25, 0.3) is 0 Å². The van der Waals surface area contributed by atoms with Gasteiger partial charge in [0.05, 0.1) is 6.54 Å². The minimum atomic E-state index is -0.500. The molecule has 9 heteroatoms. The first-order chi connectivity index (χ1) is 14.0. The van der Waals surface area contributed by atoms with Gasteiger partial charge in [0.2, 0.25) is 5.82 Å².